The molecule has 1 aromatic rings. The van der Waals surface area contributed by atoms with Gasteiger partial charge in [0.15, 0.2) is 0 Å². The maximum absolute atomic E-state index is 12.0. The number of halogens is 1. The maximum atomic E-state index is 12.0. The third-order valence-electron chi connectivity index (χ3n) is 3.14. The number of carbonyl (C=O) groups excluding carboxylic acids is 2. The summed E-state index contributed by atoms with van der Waals surface area (Å²) in [4.78, 5) is 34.8. The lowest BCUT2D eigenvalue weighted by molar-refractivity contribution is -0.384. The van der Waals surface area contributed by atoms with Crippen LogP contribution in [0.3, 0.4) is 0 Å². The predicted molar refractivity (Wildman–Crippen MR) is 78.0 cm³/mol. The summed E-state index contributed by atoms with van der Waals surface area (Å²) in [6, 6.07) is 3.68. The van der Waals surface area contributed by atoms with Crippen LogP contribution in [0.5, 0.6) is 0 Å². The van der Waals surface area contributed by atoms with Crippen LogP contribution in [0.2, 0.25) is 5.02 Å². The van der Waals surface area contributed by atoms with E-state index in [-0.39, 0.29) is 22.4 Å². The van der Waals surface area contributed by atoms with E-state index >= 15 is 0 Å². The number of carbonyl (C=O) groups is 2. The van der Waals surface area contributed by atoms with Crippen LogP contribution in [-0.2, 0) is 4.74 Å². The van der Waals surface area contributed by atoms with Crippen molar-refractivity contribution in [2.24, 2.45) is 0 Å². The van der Waals surface area contributed by atoms with Crippen LogP contribution in [-0.4, -0.2) is 48.1 Å². The van der Waals surface area contributed by atoms with Gasteiger partial charge in [0.2, 0.25) is 0 Å². The SMILES string of the molecule is O=C(NCCCN1CCOC1=O)c1cc([N+](=O)[O-])ccc1Cl. The summed E-state index contributed by atoms with van der Waals surface area (Å²) in [5, 5.41) is 13.5. The van der Waals surface area contributed by atoms with Gasteiger partial charge in [0, 0.05) is 25.2 Å². The molecule has 0 atom stereocenters. The van der Waals surface area contributed by atoms with Crippen LogP contribution in [0.15, 0.2) is 18.2 Å². The fourth-order valence-electron chi connectivity index (χ4n) is 2.00. The van der Waals surface area contributed by atoms with Crippen LogP contribution in [0.25, 0.3) is 0 Å². The number of benzene rings is 1. The number of rotatable bonds is 6. The van der Waals surface area contributed by atoms with Crippen LogP contribution in [0.4, 0.5) is 10.5 Å². The minimum Gasteiger partial charge on any atom is -0.448 e. The van der Waals surface area contributed by atoms with Crippen molar-refractivity contribution in [1.29, 1.82) is 0 Å². The third kappa shape index (κ3) is 3.85. The molecule has 1 aromatic carbocycles. The van der Waals surface area contributed by atoms with Gasteiger partial charge in [0.05, 0.1) is 22.1 Å². The fraction of sp³-hybridized carbons (Fsp3) is 0.385. The number of nitro groups is 1. The minimum absolute atomic E-state index is 0.0523. The average Bonchev–Trinajstić information content (AvgIpc) is 2.89. The fourth-order valence-corrected chi connectivity index (χ4v) is 2.20. The first kappa shape index (κ1) is 16.0. The zero-order chi connectivity index (χ0) is 16.1. The Morgan fingerprint density at radius 3 is 2.91 bits per heavy atom. The van der Waals surface area contributed by atoms with Gasteiger partial charge >= 0.3 is 6.09 Å². The molecule has 0 spiro atoms. The first-order chi connectivity index (χ1) is 10.5. The second-order valence-corrected chi connectivity index (χ2v) is 5.04. The van der Waals surface area contributed by atoms with Crippen LogP contribution >= 0.6 is 11.6 Å². The maximum Gasteiger partial charge on any atom is 0.409 e. The number of hydrogen-bond donors (Lipinski definition) is 1. The molecule has 1 fully saturated rings. The minimum atomic E-state index is -0.591. The lowest BCUT2D eigenvalue weighted by Crippen LogP contribution is -2.30. The number of cyclic esters (lactones) is 1. The number of amides is 2. The number of hydrogen-bond acceptors (Lipinski definition) is 5. The zero-order valence-corrected chi connectivity index (χ0v) is 12.3. The summed E-state index contributed by atoms with van der Waals surface area (Å²) in [7, 11) is 0. The highest BCUT2D eigenvalue weighted by atomic mass is 35.5. The second-order valence-electron chi connectivity index (χ2n) is 4.63. The molecule has 0 aromatic heterocycles. The van der Waals surface area contributed by atoms with E-state index in [2.05, 4.69) is 5.32 Å². The molecule has 0 aliphatic carbocycles. The Balaban J connectivity index is 1.85. The molecular weight excluding hydrogens is 314 g/mol. The Morgan fingerprint density at radius 1 is 1.50 bits per heavy atom. The Labute approximate surface area is 131 Å². The van der Waals surface area contributed by atoms with Gasteiger partial charge in [-0.25, -0.2) is 4.79 Å². The number of ether oxygens (including phenoxy) is 1. The molecule has 2 rings (SSSR count). The van der Waals surface area contributed by atoms with E-state index in [4.69, 9.17) is 16.3 Å². The molecule has 0 saturated carbocycles. The largest absolute Gasteiger partial charge is 0.448 e. The van der Waals surface area contributed by atoms with E-state index < -0.39 is 10.8 Å². The predicted octanol–water partition coefficient (Wildman–Crippen LogP) is 1.82. The quantitative estimate of drug-likeness (QED) is 0.488. The number of nitrogens with one attached hydrogen (secondary N) is 1. The van der Waals surface area contributed by atoms with Gasteiger partial charge in [-0.15, -0.1) is 0 Å². The normalized spacial score (nSPS) is 13.9. The summed E-state index contributed by atoms with van der Waals surface area (Å²) in [5.74, 6) is -0.488. The van der Waals surface area contributed by atoms with Gasteiger partial charge in [0.25, 0.3) is 11.6 Å². The van der Waals surface area contributed by atoms with E-state index in [9.17, 15) is 19.7 Å². The summed E-state index contributed by atoms with van der Waals surface area (Å²) in [5.41, 5.74) is -0.147. The van der Waals surface area contributed by atoms with Crippen LogP contribution < -0.4 is 5.32 Å². The molecule has 0 radical (unpaired) electrons. The molecule has 22 heavy (non-hydrogen) atoms. The lowest BCUT2D eigenvalue weighted by Gasteiger charge is -2.12. The number of non-ortho nitro benzene ring substituents is 1. The van der Waals surface area contributed by atoms with E-state index in [1.807, 2.05) is 0 Å². The zero-order valence-electron chi connectivity index (χ0n) is 11.6. The molecule has 0 unspecified atom stereocenters. The van der Waals surface area contributed by atoms with Gasteiger partial charge in [-0.2, -0.15) is 0 Å². The summed E-state index contributed by atoms with van der Waals surface area (Å²) >= 11 is 5.88. The second kappa shape index (κ2) is 7.08. The van der Waals surface area contributed by atoms with Gasteiger partial charge in [-0.05, 0) is 12.5 Å². The van der Waals surface area contributed by atoms with E-state index in [0.29, 0.717) is 32.7 Å². The first-order valence-corrected chi connectivity index (χ1v) is 7.00. The highest BCUT2D eigenvalue weighted by Gasteiger charge is 2.21. The Bertz CT molecular complexity index is 607. The third-order valence-corrected chi connectivity index (χ3v) is 3.47. The Kier molecular flexibility index (Phi) is 5.16. The molecule has 1 aliphatic rings. The van der Waals surface area contributed by atoms with Crippen LogP contribution in [0.1, 0.15) is 16.8 Å². The van der Waals surface area contributed by atoms with Crippen molar-refractivity contribution in [1.82, 2.24) is 10.2 Å². The van der Waals surface area contributed by atoms with E-state index in [1.165, 1.54) is 12.1 Å². The smallest absolute Gasteiger partial charge is 0.409 e. The van der Waals surface area contributed by atoms with Crippen molar-refractivity contribution in [3.8, 4) is 0 Å². The van der Waals surface area contributed by atoms with Crippen molar-refractivity contribution < 1.29 is 19.2 Å². The molecule has 1 aliphatic heterocycles. The van der Waals surface area contributed by atoms with E-state index in [1.54, 1.807) is 4.90 Å². The molecule has 1 heterocycles. The molecule has 8 nitrogen and oxygen atoms in total. The Morgan fingerprint density at radius 2 is 2.27 bits per heavy atom. The highest BCUT2D eigenvalue weighted by Crippen LogP contribution is 2.21. The van der Waals surface area contributed by atoms with Gasteiger partial charge in [-0.3, -0.25) is 14.9 Å². The summed E-state index contributed by atoms with van der Waals surface area (Å²) in [6.07, 6.45) is 0.195. The standard InChI is InChI=1S/C13H14ClN3O5/c14-11-3-2-9(17(20)21)8-10(11)12(18)15-4-1-5-16-6-7-22-13(16)19/h2-3,8H,1,4-7H2,(H,15,18). The topological polar surface area (TPSA) is 102 Å². The van der Waals surface area contributed by atoms with Crippen molar-refractivity contribution in [3.63, 3.8) is 0 Å². The molecule has 2 amide bonds. The highest BCUT2D eigenvalue weighted by molar-refractivity contribution is 6.33. The number of nitro benzene ring substituents is 1. The van der Waals surface area contributed by atoms with Crippen LogP contribution in [0, 0.1) is 10.1 Å². The first-order valence-electron chi connectivity index (χ1n) is 6.63. The Hall–Kier alpha value is -2.35. The van der Waals surface area contributed by atoms with E-state index in [0.717, 1.165) is 6.07 Å². The van der Waals surface area contributed by atoms with Crippen molar-refractivity contribution >= 4 is 29.3 Å². The van der Waals surface area contributed by atoms with Gasteiger partial charge in [-0.1, -0.05) is 11.6 Å². The molecular formula is C13H14ClN3O5. The molecule has 9 heteroatoms. The number of nitrogens with zero attached hydrogens (tertiary/aromatic N) is 2. The summed E-state index contributed by atoms with van der Waals surface area (Å²) < 4.78 is 4.78. The molecule has 1 saturated heterocycles. The average molecular weight is 328 g/mol. The monoisotopic (exact) mass is 327 g/mol. The molecule has 1 N–H and O–H groups in total. The molecule has 118 valence electrons. The van der Waals surface area contributed by atoms with Crippen molar-refractivity contribution in [2.75, 3.05) is 26.2 Å². The molecule has 0 bridgehead atoms. The van der Waals surface area contributed by atoms with Gasteiger partial charge < -0.3 is 15.0 Å². The summed E-state index contributed by atoms with van der Waals surface area (Å²) in [6.45, 7) is 1.72. The van der Waals surface area contributed by atoms with Crippen molar-refractivity contribution in [3.05, 3.63) is 38.9 Å². The lowest BCUT2D eigenvalue weighted by atomic mass is 10.2. The van der Waals surface area contributed by atoms with Gasteiger partial charge in [0.1, 0.15) is 6.61 Å². The van der Waals surface area contributed by atoms with Crippen molar-refractivity contribution in [2.45, 2.75) is 6.42 Å².